The topological polar surface area (TPSA) is 87.3 Å². The fourth-order valence-electron chi connectivity index (χ4n) is 1.86. The summed E-state index contributed by atoms with van der Waals surface area (Å²) < 4.78 is 0. The highest BCUT2D eigenvalue weighted by Crippen LogP contribution is 2.28. The molecule has 2 heterocycles. The summed E-state index contributed by atoms with van der Waals surface area (Å²) in [6.45, 7) is 0. The van der Waals surface area contributed by atoms with Crippen LogP contribution in [0.25, 0.3) is 10.9 Å². The van der Waals surface area contributed by atoms with Crippen molar-refractivity contribution in [1.82, 2.24) is 9.97 Å². The van der Waals surface area contributed by atoms with E-state index in [4.69, 9.17) is 10.9 Å². The molecular formula is C14H12N4OS. The van der Waals surface area contributed by atoms with E-state index in [0.29, 0.717) is 5.56 Å². The number of nitrogens with zero attached hydrogens (tertiary/aromatic N) is 2. The largest absolute Gasteiger partial charge is 0.409 e. The molecule has 0 aliphatic heterocycles. The van der Waals surface area contributed by atoms with E-state index in [-0.39, 0.29) is 5.84 Å². The lowest BCUT2D eigenvalue weighted by molar-refractivity contribution is 0.318. The van der Waals surface area contributed by atoms with Gasteiger partial charge in [0.05, 0.1) is 5.03 Å². The van der Waals surface area contributed by atoms with Crippen LogP contribution in [0, 0.1) is 0 Å². The monoisotopic (exact) mass is 284 g/mol. The number of amidine groups is 1. The van der Waals surface area contributed by atoms with Crippen molar-refractivity contribution in [3.05, 3.63) is 54.2 Å². The highest BCUT2D eigenvalue weighted by Gasteiger charge is 2.05. The number of aromatic nitrogens is 2. The van der Waals surface area contributed by atoms with Crippen molar-refractivity contribution in [1.29, 1.82) is 0 Å². The molecule has 0 unspecified atom stereocenters. The number of nitrogens with one attached hydrogen (secondary N) is 1. The number of oxime groups is 1. The molecule has 2 aromatic heterocycles. The van der Waals surface area contributed by atoms with Crippen molar-refractivity contribution < 1.29 is 5.21 Å². The first-order valence-electron chi connectivity index (χ1n) is 5.96. The van der Waals surface area contributed by atoms with Gasteiger partial charge in [-0.15, -0.1) is 0 Å². The second-order valence-corrected chi connectivity index (χ2v) is 5.26. The number of hydrogen-bond acceptors (Lipinski definition) is 4. The van der Waals surface area contributed by atoms with Crippen molar-refractivity contribution in [3.63, 3.8) is 0 Å². The third-order valence-electron chi connectivity index (χ3n) is 2.86. The molecule has 0 spiro atoms. The molecule has 4 N–H and O–H groups in total. The van der Waals surface area contributed by atoms with Gasteiger partial charge < -0.3 is 15.9 Å². The number of aromatic amines is 1. The Kier molecular flexibility index (Phi) is 3.30. The molecule has 3 aromatic rings. The van der Waals surface area contributed by atoms with Gasteiger partial charge in [-0.2, -0.15) is 0 Å². The molecule has 0 atom stereocenters. The van der Waals surface area contributed by atoms with Crippen LogP contribution in [0.5, 0.6) is 0 Å². The number of nitrogens with two attached hydrogens (primary N) is 1. The lowest BCUT2D eigenvalue weighted by atomic mass is 10.3. The predicted octanol–water partition coefficient (Wildman–Crippen LogP) is 2.81. The normalized spacial score (nSPS) is 11.9. The number of rotatable bonds is 3. The molecule has 100 valence electrons. The van der Waals surface area contributed by atoms with Crippen LogP contribution in [0.1, 0.15) is 5.56 Å². The molecule has 0 radical (unpaired) electrons. The van der Waals surface area contributed by atoms with E-state index >= 15 is 0 Å². The zero-order valence-corrected chi connectivity index (χ0v) is 11.3. The summed E-state index contributed by atoms with van der Waals surface area (Å²) in [4.78, 5) is 7.61. The molecule has 1 aromatic carbocycles. The van der Waals surface area contributed by atoms with Gasteiger partial charge in [0.2, 0.25) is 0 Å². The third-order valence-corrected chi connectivity index (χ3v) is 3.75. The van der Waals surface area contributed by atoms with Gasteiger partial charge in [-0.05, 0) is 24.3 Å². The van der Waals surface area contributed by atoms with Gasteiger partial charge in [0.1, 0.15) is 5.03 Å². The maximum Gasteiger partial charge on any atom is 0.171 e. The maximum absolute atomic E-state index is 8.60. The summed E-state index contributed by atoms with van der Waals surface area (Å²) in [6.07, 6.45) is 1.58. The van der Waals surface area contributed by atoms with E-state index in [0.717, 1.165) is 15.6 Å². The summed E-state index contributed by atoms with van der Waals surface area (Å²) >= 11 is 1.53. The van der Waals surface area contributed by atoms with Crippen molar-refractivity contribution in [2.75, 3.05) is 0 Å². The summed E-state index contributed by atoms with van der Waals surface area (Å²) in [7, 11) is 0. The average molecular weight is 284 g/mol. The van der Waals surface area contributed by atoms with Gasteiger partial charge in [0.15, 0.2) is 5.84 Å². The first-order chi connectivity index (χ1) is 9.76. The molecule has 0 aliphatic rings. The maximum atomic E-state index is 8.60. The first-order valence-corrected chi connectivity index (χ1v) is 6.77. The van der Waals surface area contributed by atoms with E-state index in [1.807, 2.05) is 24.3 Å². The minimum atomic E-state index is 0.0552. The molecule has 0 saturated heterocycles. The molecule has 3 rings (SSSR count). The fraction of sp³-hybridized carbons (Fsp3) is 0. The minimum Gasteiger partial charge on any atom is -0.409 e. The second-order valence-electron chi connectivity index (χ2n) is 4.19. The second kappa shape index (κ2) is 5.26. The van der Waals surface area contributed by atoms with Crippen LogP contribution < -0.4 is 5.73 Å². The van der Waals surface area contributed by atoms with Gasteiger partial charge in [0, 0.05) is 22.7 Å². The van der Waals surface area contributed by atoms with Crippen LogP contribution in [0.2, 0.25) is 0 Å². The highest BCUT2D eigenvalue weighted by molar-refractivity contribution is 7.99. The fourth-order valence-corrected chi connectivity index (χ4v) is 2.68. The Bertz CT molecular complexity index is 731. The molecule has 6 heteroatoms. The molecule has 20 heavy (non-hydrogen) atoms. The van der Waals surface area contributed by atoms with Crippen LogP contribution >= 0.6 is 11.8 Å². The molecule has 0 saturated carbocycles. The summed E-state index contributed by atoms with van der Waals surface area (Å²) in [5, 5.41) is 14.6. The predicted molar refractivity (Wildman–Crippen MR) is 79.2 cm³/mol. The smallest absolute Gasteiger partial charge is 0.171 e. The summed E-state index contributed by atoms with van der Waals surface area (Å²) in [5.74, 6) is 0.0552. The molecule has 0 amide bonds. The lowest BCUT2D eigenvalue weighted by Crippen LogP contribution is -2.13. The van der Waals surface area contributed by atoms with E-state index in [1.54, 1.807) is 12.3 Å². The molecule has 5 nitrogen and oxygen atoms in total. The van der Waals surface area contributed by atoms with E-state index in [2.05, 4.69) is 27.3 Å². The van der Waals surface area contributed by atoms with Gasteiger partial charge in [0.25, 0.3) is 0 Å². The number of H-pyrrole nitrogens is 1. The number of pyridine rings is 1. The zero-order valence-electron chi connectivity index (χ0n) is 10.4. The van der Waals surface area contributed by atoms with Crippen molar-refractivity contribution in [3.8, 4) is 0 Å². The van der Waals surface area contributed by atoms with Crippen molar-refractivity contribution in [2.45, 2.75) is 10.1 Å². The summed E-state index contributed by atoms with van der Waals surface area (Å²) in [6, 6.07) is 13.8. The molecule has 0 fully saturated rings. The Morgan fingerprint density at radius 2 is 2.10 bits per heavy atom. The molecule has 0 bridgehead atoms. The quantitative estimate of drug-likeness (QED) is 0.299. The van der Waals surface area contributed by atoms with E-state index < -0.39 is 0 Å². The standard InChI is InChI=1S/C14H12N4OS/c15-14(18-19)10-5-6-12(16-8-10)20-13-7-9-3-1-2-4-11(9)17-13/h1-8,17,19H,(H2,15,18). The van der Waals surface area contributed by atoms with Gasteiger partial charge in [-0.1, -0.05) is 35.1 Å². The minimum absolute atomic E-state index is 0.0552. The van der Waals surface area contributed by atoms with Crippen LogP contribution in [0.3, 0.4) is 0 Å². The number of hydrogen-bond donors (Lipinski definition) is 3. The Labute approximate surface area is 119 Å². The van der Waals surface area contributed by atoms with Crippen LogP contribution in [-0.4, -0.2) is 21.0 Å². The van der Waals surface area contributed by atoms with Crippen molar-refractivity contribution >= 4 is 28.5 Å². The molecular weight excluding hydrogens is 272 g/mol. The number of fused-ring (bicyclic) bond motifs is 1. The Hall–Kier alpha value is -2.47. The van der Waals surface area contributed by atoms with Gasteiger partial charge >= 0.3 is 0 Å². The third kappa shape index (κ3) is 2.46. The van der Waals surface area contributed by atoms with E-state index in [1.165, 1.54) is 17.1 Å². The van der Waals surface area contributed by atoms with Gasteiger partial charge in [-0.25, -0.2) is 4.98 Å². The Morgan fingerprint density at radius 1 is 1.25 bits per heavy atom. The Morgan fingerprint density at radius 3 is 2.80 bits per heavy atom. The highest BCUT2D eigenvalue weighted by atomic mass is 32.2. The number of benzene rings is 1. The van der Waals surface area contributed by atoms with Gasteiger partial charge in [-0.3, -0.25) is 0 Å². The lowest BCUT2D eigenvalue weighted by Gasteiger charge is -2.00. The van der Waals surface area contributed by atoms with E-state index in [9.17, 15) is 0 Å². The first kappa shape index (κ1) is 12.6. The SMILES string of the molecule is N/C(=N/O)c1ccc(Sc2cc3ccccc3[nH]2)nc1. The summed E-state index contributed by atoms with van der Waals surface area (Å²) in [5.41, 5.74) is 7.19. The van der Waals surface area contributed by atoms with Crippen LogP contribution in [0.15, 0.2) is 63.9 Å². The zero-order chi connectivity index (χ0) is 13.9. The number of para-hydroxylation sites is 1. The average Bonchev–Trinajstić information content (AvgIpc) is 2.89. The Balaban J connectivity index is 1.83. The van der Waals surface area contributed by atoms with Crippen LogP contribution in [0.4, 0.5) is 0 Å². The molecule has 0 aliphatic carbocycles. The van der Waals surface area contributed by atoms with Crippen LogP contribution in [-0.2, 0) is 0 Å². The van der Waals surface area contributed by atoms with Crippen molar-refractivity contribution in [2.24, 2.45) is 10.9 Å².